The van der Waals surface area contributed by atoms with Gasteiger partial charge in [-0.3, -0.25) is 4.79 Å². The molecule has 2 heterocycles. The molecule has 0 radical (unpaired) electrons. The van der Waals surface area contributed by atoms with Crippen molar-refractivity contribution < 1.29 is 19.0 Å². The minimum Gasteiger partial charge on any atom is -0.493 e. The van der Waals surface area contributed by atoms with Crippen molar-refractivity contribution in [2.75, 3.05) is 27.4 Å². The van der Waals surface area contributed by atoms with Crippen molar-refractivity contribution in [3.8, 4) is 11.5 Å². The number of rotatable bonds is 5. The van der Waals surface area contributed by atoms with E-state index in [0.29, 0.717) is 12.4 Å². The van der Waals surface area contributed by atoms with E-state index in [1.807, 2.05) is 19.1 Å². The Morgan fingerprint density at radius 1 is 1.23 bits per heavy atom. The van der Waals surface area contributed by atoms with E-state index < -0.39 is 5.41 Å². The molecule has 2 aromatic rings. The summed E-state index contributed by atoms with van der Waals surface area (Å²) in [5, 5.41) is 4.72. The number of carbonyl (C=O) groups excluding carboxylic acids is 1. The molecule has 0 bridgehead atoms. The number of H-pyrrole nitrogens is 1. The Morgan fingerprint density at radius 2 is 1.96 bits per heavy atom. The van der Waals surface area contributed by atoms with Crippen LogP contribution in [-0.2, 0) is 16.0 Å². The first kappa shape index (κ1) is 17.2. The van der Waals surface area contributed by atoms with Crippen molar-refractivity contribution in [2.45, 2.75) is 38.6 Å². The van der Waals surface area contributed by atoms with E-state index >= 15 is 0 Å². The molecule has 1 aliphatic heterocycles. The normalized spacial score (nSPS) is 21.0. The maximum atomic E-state index is 12.8. The first-order valence-corrected chi connectivity index (χ1v) is 9.31. The fourth-order valence-electron chi connectivity index (χ4n) is 4.47. The topological polar surface area (TPSA) is 72.6 Å². The standard InChI is InChI=1S/C20H26N2O4/c1-4-26-19(23)20(7-5-8-20)18-17-12(6-9-21-18)13-10-15(24-2)16(25-3)11-14(13)22-17/h10-11,18,21-22H,4-9H2,1-3H3. The minimum atomic E-state index is -0.458. The summed E-state index contributed by atoms with van der Waals surface area (Å²) in [4.78, 5) is 16.3. The van der Waals surface area contributed by atoms with Crippen LogP contribution in [0.15, 0.2) is 12.1 Å². The Hall–Kier alpha value is -2.21. The molecule has 0 saturated heterocycles. The van der Waals surface area contributed by atoms with Crippen molar-refractivity contribution in [1.82, 2.24) is 10.3 Å². The molecule has 1 aromatic carbocycles. The zero-order valence-corrected chi connectivity index (χ0v) is 15.6. The van der Waals surface area contributed by atoms with Gasteiger partial charge in [-0.2, -0.15) is 0 Å². The van der Waals surface area contributed by atoms with Crippen molar-refractivity contribution in [3.63, 3.8) is 0 Å². The number of aromatic amines is 1. The number of esters is 1. The summed E-state index contributed by atoms with van der Waals surface area (Å²) < 4.78 is 16.3. The summed E-state index contributed by atoms with van der Waals surface area (Å²) in [5.41, 5.74) is 2.93. The van der Waals surface area contributed by atoms with E-state index in [0.717, 1.165) is 54.6 Å². The highest BCUT2D eigenvalue weighted by atomic mass is 16.5. The van der Waals surface area contributed by atoms with E-state index in [2.05, 4.69) is 10.3 Å². The van der Waals surface area contributed by atoms with Crippen molar-refractivity contribution in [3.05, 3.63) is 23.4 Å². The second kappa shape index (κ2) is 6.50. The lowest BCUT2D eigenvalue weighted by molar-refractivity contribution is -0.164. The number of nitrogens with one attached hydrogen (secondary N) is 2. The predicted molar refractivity (Wildman–Crippen MR) is 98.8 cm³/mol. The molecule has 140 valence electrons. The third-order valence-corrected chi connectivity index (χ3v) is 5.94. The number of carbonyl (C=O) groups is 1. The summed E-state index contributed by atoms with van der Waals surface area (Å²) in [7, 11) is 3.29. The van der Waals surface area contributed by atoms with Crippen LogP contribution in [0.5, 0.6) is 11.5 Å². The molecule has 2 aliphatic rings. The van der Waals surface area contributed by atoms with Crippen LogP contribution in [0.1, 0.15) is 43.5 Å². The van der Waals surface area contributed by atoms with Crippen LogP contribution in [0.4, 0.5) is 0 Å². The number of hydrogen-bond acceptors (Lipinski definition) is 5. The highest BCUT2D eigenvalue weighted by Crippen LogP contribution is 2.53. The number of ether oxygens (including phenoxy) is 3. The van der Waals surface area contributed by atoms with Gasteiger partial charge >= 0.3 is 5.97 Å². The van der Waals surface area contributed by atoms with Crippen LogP contribution in [0.25, 0.3) is 10.9 Å². The number of methoxy groups -OCH3 is 2. The maximum absolute atomic E-state index is 12.8. The fraction of sp³-hybridized carbons (Fsp3) is 0.550. The molecule has 2 N–H and O–H groups in total. The molecular formula is C20H26N2O4. The monoisotopic (exact) mass is 358 g/mol. The maximum Gasteiger partial charge on any atom is 0.314 e. The molecule has 1 unspecified atom stereocenters. The molecule has 1 saturated carbocycles. The van der Waals surface area contributed by atoms with Crippen LogP contribution in [0.2, 0.25) is 0 Å². The number of hydrogen-bond donors (Lipinski definition) is 2. The number of fused-ring (bicyclic) bond motifs is 3. The van der Waals surface area contributed by atoms with E-state index in [1.165, 1.54) is 5.56 Å². The minimum absolute atomic E-state index is 0.0385. The summed E-state index contributed by atoms with van der Waals surface area (Å²) in [6.07, 6.45) is 3.71. The van der Waals surface area contributed by atoms with Crippen LogP contribution in [0, 0.1) is 5.41 Å². The van der Waals surface area contributed by atoms with E-state index in [-0.39, 0.29) is 12.0 Å². The third-order valence-electron chi connectivity index (χ3n) is 5.94. The number of aromatic nitrogens is 1. The van der Waals surface area contributed by atoms with Gasteiger partial charge in [0.2, 0.25) is 0 Å². The van der Waals surface area contributed by atoms with Gasteiger partial charge in [0, 0.05) is 22.7 Å². The van der Waals surface area contributed by atoms with Gasteiger partial charge in [-0.25, -0.2) is 0 Å². The van der Waals surface area contributed by atoms with Gasteiger partial charge in [-0.15, -0.1) is 0 Å². The molecule has 0 amide bonds. The van der Waals surface area contributed by atoms with Crippen LogP contribution in [0.3, 0.4) is 0 Å². The molecule has 1 aliphatic carbocycles. The van der Waals surface area contributed by atoms with E-state index in [1.54, 1.807) is 14.2 Å². The van der Waals surface area contributed by atoms with Crippen LogP contribution < -0.4 is 14.8 Å². The summed E-state index contributed by atoms with van der Waals surface area (Å²) in [5.74, 6) is 1.35. The summed E-state index contributed by atoms with van der Waals surface area (Å²) in [6.45, 7) is 3.13. The van der Waals surface area contributed by atoms with Gasteiger partial charge in [-0.05, 0) is 44.4 Å². The molecule has 6 nitrogen and oxygen atoms in total. The van der Waals surface area contributed by atoms with E-state index in [9.17, 15) is 4.79 Å². The second-order valence-electron chi connectivity index (χ2n) is 7.14. The Balaban J connectivity index is 1.82. The Bertz CT molecular complexity index is 838. The molecule has 4 rings (SSSR count). The smallest absolute Gasteiger partial charge is 0.314 e. The largest absolute Gasteiger partial charge is 0.493 e. The van der Waals surface area contributed by atoms with Crippen molar-refractivity contribution in [2.24, 2.45) is 5.41 Å². The molecule has 1 atom stereocenters. The molecule has 1 aromatic heterocycles. The highest BCUT2D eigenvalue weighted by molar-refractivity contribution is 5.89. The predicted octanol–water partition coefficient (Wildman–Crippen LogP) is 3.11. The summed E-state index contributed by atoms with van der Waals surface area (Å²) in [6, 6.07) is 3.97. The lowest BCUT2D eigenvalue weighted by Gasteiger charge is -2.46. The molecule has 26 heavy (non-hydrogen) atoms. The number of benzene rings is 1. The fourth-order valence-corrected chi connectivity index (χ4v) is 4.47. The highest BCUT2D eigenvalue weighted by Gasteiger charge is 2.53. The average Bonchev–Trinajstić information content (AvgIpc) is 2.98. The van der Waals surface area contributed by atoms with Crippen molar-refractivity contribution in [1.29, 1.82) is 0 Å². The lowest BCUT2D eigenvalue weighted by Crippen LogP contribution is -2.51. The van der Waals surface area contributed by atoms with Gasteiger partial charge in [0.05, 0.1) is 32.3 Å². The lowest BCUT2D eigenvalue weighted by atomic mass is 9.62. The van der Waals surface area contributed by atoms with E-state index in [4.69, 9.17) is 14.2 Å². The average molecular weight is 358 g/mol. The zero-order valence-electron chi connectivity index (χ0n) is 15.6. The van der Waals surface area contributed by atoms with Crippen LogP contribution in [-0.4, -0.2) is 38.3 Å². The van der Waals surface area contributed by atoms with Gasteiger partial charge in [0.15, 0.2) is 11.5 Å². The SMILES string of the molecule is CCOC(=O)C1(C2NCCc3c2[nH]c2cc(OC)c(OC)cc32)CCC1. The van der Waals surface area contributed by atoms with Gasteiger partial charge in [0.25, 0.3) is 0 Å². The Kier molecular flexibility index (Phi) is 4.31. The third kappa shape index (κ3) is 2.39. The quantitative estimate of drug-likeness (QED) is 0.804. The Morgan fingerprint density at radius 3 is 2.58 bits per heavy atom. The first-order chi connectivity index (χ1) is 12.6. The molecular weight excluding hydrogens is 332 g/mol. The van der Waals surface area contributed by atoms with Gasteiger partial charge in [0.1, 0.15) is 0 Å². The Labute approximate surface area is 153 Å². The van der Waals surface area contributed by atoms with Crippen molar-refractivity contribution >= 4 is 16.9 Å². The van der Waals surface area contributed by atoms with Crippen LogP contribution >= 0.6 is 0 Å². The van der Waals surface area contributed by atoms with Gasteiger partial charge < -0.3 is 24.5 Å². The zero-order chi connectivity index (χ0) is 18.3. The van der Waals surface area contributed by atoms with Gasteiger partial charge in [-0.1, -0.05) is 6.42 Å². The second-order valence-corrected chi connectivity index (χ2v) is 7.14. The molecule has 1 fully saturated rings. The first-order valence-electron chi connectivity index (χ1n) is 9.31. The summed E-state index contributed by atoms with van der Waals surface area (Å²) >= 11 is 0. The molecule has 6 heteroatoms. The molecule has 0 spiro atoms.